The largest absolute Gasteiger partial charge is 0.396 e. The van der Waals surface area contributed by atoms with Crippen molar-refractivity contribution in [1.29, 1.82) is 0 Å². The van der Waals surface area contributed by atoms with Crippen LogP contribution in [0.1, 0.15) is 89.9 Å². The van der Waals surface area contributed by atoms with Crippen LogP contribution in [0.4, 0.5) is 0 Å². The van der Waals surface area contributed by atoms with Crippen LogP contribution in [-0.2, 0) is 4.79 Å². The maximum absolute atomic E-state index is 12.6. The number of nitrogens with one attached hydrogen (secondary N) is 1. The third-order valence-electron chi connectivity index (χ3n) is 5.66. The van der Waals surface area contributed by atoms with Gasteiger partial charge in [-0.15, -0.1) is 0 Å². The molecule has 2 rings (SSSR count). The van der Waals surface area contributed by atoms with Crippen molar-refractivity contribution in [3.8, 4) is 0 Å². The van der Waals surface area contributed by atoms with Crippen LogP contribution >= 0.6 is 0 Å². The molecule has 0 spiro atoms. The fourth-order valence-electron chi connectivity index (χ4n) is 4.13. The predicted octanol–water partition coefficient (Wildman–Crippen LogP) is 4.18. The Morgan fingerprint density at radius 3 is 2.05 bits per heavy atom. The SMILES string of the molecule is O=C(NC1CCCCC(CO)CCC1)C1CCCCCCC1. The molecule has 0 radical (unpaired) electrons. The van der Waals surface area contributed by atoms with E-state index in [0.717, 1.165) is 44.9 Å². The molecule has 0 saturated heterocycles. The van der Waals surface area contributed by atoms with Gasteiger partial charge in [-0.05, 0) is 44.4 Å². The van der Waals surface area contributed by atoms with Crippen molar-refractivity contribution >= 4 is 5.91 Å². The number of aliphatic hydroxyl groups is 1. The third-order valence-corrected chi connectivity index (χ3v) is 5.66. The van der Waals surface area contributed by atoms with Gasteiger partial charge in [-0.25, -0.2) is 0 Å². The van der Waals surface area contributed by atoms with Gasteiger partial charge in [0.1, 0.15) is 0 Å². The van der Waals surface area contributed by atoms with Crippen LogP contribution in [0.3, 0.4) is 0 Å². The van der Waals surface area contributed by atoms with Crippen LogP contribution in [-0.4, -0.2) is 23.7 Å². The standard InChI is InChI=1S/C19H35NO2/c21-15-16-9-6-7-13-18(14-8-10-16)20-19(22)17-11-4-2-1-3-5-12-17/h16-18,21H,1-15H2,(H,20,22). The Morgan fingerprint density at radius 2 is 1.32 bits per heavy atom. The zero-order chi connectivity index (χ0) is 15.6. The van der Waals surface area contributed by atoms with Gasteiger partial charge in [0, 0.05) is 18.6 Å². The first kappa shape index (κ1) is 17.8. The Labute approximate surface area is 136 Å². The van der Waals surface area contributed by atoms with Crippen molar-refractivity contribution in [2.75, 3.05) is 6.61 Å². The van der Waals surface area contributed by atoms with Crippen LogP contribution in [0.5, 0.6) is 0 Å². The smallest absolute Gasteiger partial charge is 0.223 e. The Morgan fingerprint density at radius 1 is 0.773 bits per heavy atom. The van der Waals surface area contributed by atoms with Crippen LogP contribution in [0.25, 0.3) is 0 Å². The van der Waals surface area contributed by atoms with E-state index in [0.29, 0.717) is 24.5 Å². The van der Waals surface area contributed by atoms with Gasteiger partial charge in [0.05, 0.1) is 0 Å². The van der Waals surface area contributed by atoms with E-state index in [1.807, 2.05) is 0 Å². The summed E-state index contributed by atoms with van der Waals surface area (Å²) in [5, 5.41) is 12.7. The summed E-state index contributed by atoms with van der Waals surface area (Å²) in [5.41, 5.74) is 0. The van der Waals surface area contributed by atoms with Gasteiger partial charge in [-0.2, -0.15) is 0 Å². The molecular formula is C19H35NO2. The Kier molecular flexibility index (Phi) is 8.28. The molecule has 2 fully saturated rings. The molecule has 0 aromatic rings. The Bertz CT molecular complexity index is 311. The first-order chi connectivity index (χ1) is 10.8. The zero-order valence-corrected chi connectivity index (χ0v) is 14.2. The summed E-state index contributed by atoms with van der Waals surface area (Å²) < 4.78 is 0. The van der Waals surface area contributed by atoms with Gasteiger partial charge in [-0.3, -0.25) is 4.79 Å². The summed E-state index contributed by atoms with van der Waals surface area (Å²) in [4.78, 5) is 12.6. The van der Waals surface area contributed by atoms with E-state index in [2.05, 4.69) is 5.32 Å². The highest BCUT2D eigenvalue weighted by atomic mass is 16.3. The van der Waals surface area contributed by atoms with E-state index in [1.54, 1.807) is 0 Å². The first-order valence-corrected chi connectivity index (χ1v) is 9.71. The molecule has 2 N–H and O–H groups in total. The van der Waals surface area contributed by atoms with Gasteiger partial charge in [0.15, 0.2) is 0 Å². The molecule has 0 aliphatic heterocycles. The zero-order valence-electron chi connectivity index (χ0n) is 14.2. The average Bonchev–Trinajstić information content (AvgIpc) is 2.58. The Balaban J connectivity index is 1.78. The van der Waals surface area contributed by atoms with Crippen LogP contribution in [0, 0.1) is 11.8 Å². The summed E-state index contributed by atoms with van der Waals surface area (Å²) in [6.07, 6.45) is 16.6. The monoisotopic (exact) mass is 309 g/mol. The van der Waals surface area contributed by atoms with Crippen molar-refractivity contribution in [1.82, 2.24) is 5.32 Å². The van der Waals surface area contributed by atoms with Gasteiger partial charge in [-0.1, -0.05) is 51.4 Å². The van der Waals surface area contributed by atoms with Crippen LogP contribution in [0.15, 0.2) is 0 Å². The second-order valence-corrected chi connectivity index (χ2v) is 7.51. The molecule has 3 heteroatoms. The van der Waals surface area contributed by atoms with E-state index in [4.69, 9.17) is 0 Å². The van der Waals surface area contributed by atoms with Crippen LogP contribution in [0.2, 0.25) is 0 Å². The first-order valence-electron chi connectivity index (χ1n) is 9.71. The lowest BCUT2D eigenvalue weighted by atomic mass is 9.90. The minimum Gasteiger partial charge on any atom is -0.396 e. The number of carbonyl (C=O) groups excluding carboxylic acids is 1. The normalized spacial score (nSPS) is 29.5. The highest BCUT2D eigenvalue weighted by Gasteiger charge is 2.22. The van der Waals surface area contributed by atoms with Crippen molar-refractivity contribution in [2.45, 2.75) is 95.9 Å². The third kappa shape index (κ3) is 6.28. The fourth-order valence-corrected chi connectivity index (χ4v) is 4.13. The molecule has 0 aromatic carbocycles. The summed E-state index contributed by atoms with van der Waals surface area (Å²) in [5.74, 6) is 1.07. The van der Waals surface area contributed by atoms with Gasteiger partial charge in [0.25, 0.3) is 0 Å². The molecule has 1 amide bonds. The van der Waals surface area contributed by atoms with Crippen molar-refractivity contribution < 1.29 is 9.90 Å². The molecule has 3 nitrogen and oxygen atoms in total. The predicted molar refractivity (Wildman–Crippen MR) is 90.6 cm³/mol. The van der Waals surface area contributed by atoms with E-state index >= 15 is 0 Å². The molecule has 2 aliphatic carbocycles. The fraction of sp³-hybridized carbons (Fsp3) is 0.947. The summed E-state index contributed by atoms with van der Waals surface area (Å²) in [7, 11) is 0. The number of rotatable bonds is 3. The van der Waals surface area contributed by atoms with E-state index in [1.165, 1.54) is 44.9 Å². The molecule has 2 atom stereocenters. The lowest BCUT2D eigenvalue weighted by molar-refractivity contribution is -0.126. The Hall–Kier alpha value is -0.570. The minimum atomic E-state index is 0.262. The topological polar surface area (TPSA) is 49.3 Å². The minimum absolute atomic E-state index is 0.262. The number of carbonyl (C=O) groups is 1. The highest BCUT2D eigenvalue weighted by Crippen LogP contribution is 2.24. The lowest BCUT2D eigenvalue weighted by Gasteiger charge is -2.24. The van der Waals surface area contributed by atoms with Crippen molar-refractivity contribution in [3.63, 3.8) is 0 Å². The highest BCUT2D eigenvalue weighted by molar-refractivity contribution is 5.78. The van der Waals surface area contributed by atoms with Gasteiger partial charge >= 0.3 is 0 Å². The lowest BCUT2D eigenvalue weighted by Crippen LogP contribution is -2.39. The molecular weight excluding hydrogens is 274 g/mol. The quantitative estimate of drug-likeness (QED) is 0.821. The molecule has 2 aliphatic rings. The molecule has 2 saturated carbocycles. The second-order valence-electron chi connectivity index (χ2n) is 7.51. The number of hydrogen-bond acceptors (Lipinski definition) is 2. The van der Waals surface area contributed by atoms with Gasteiger partial charge in [0.2, 0.25) is 5.91 Å². The maximum atomic E-state index is 12.6. The number of amides is 1. The number of aliphatic hydroxyl groups excluding tert-OH is 1. The van der Waals surface area contributed by atoms with E-state index < -0.39 is 0 Å². The van der Waals surface area contributed by atoms with Crippen molar-refractivity contribution in [3.05, 3.63) is 0 Å². The summed E-state index contributed by atoms with van der Waals surface area (Å²) in [6, 6.07) is 0.371. The van der Waals surface area contributed by atoms with E-state index in [-0.39, 0.29) is 5.92 Å². The van der Waals surface area contributed by atoms with Crippen LogP contribution < -0.4 is 5.32 Å². The summed E-state index contributed by atoms with van der Waals surface area (Å²) >= 11 is 0. The molecule has 128 valence electrons. The van der Waals surface area contributed by atoms with E-state index in [9.17, 15) is 9.90 Å². The number of hydrogen-bond donors (Lipinski definition) is 2. The maximum Gasteiger partial charge on any atom is 0.223 e. The summed E-state index contributed by atoms with van der Waals surface area (Å²) in [6.45, 7) is 0.332. The van der Waals surface area contributed by atoms with Crippen molar-refractivity contribution in [2.24, 2.45) is 11.8 Å². The van der Waals surface area contributed by atoms with Gasteiger partial charge < -0.3 is 10.4 Å². The second kappa shape index (κ2) is 10.3. The molecule has 2 unspecified atom stereocenters. The average molecular weight is 309 g/mol. The molecule has 0 bridgehead atoms. The molecule has 0 aromatic heterocycles. The molecule has 22 heavy (non-hydrogen) atoms. The molecule has 0 heterocycles.